The number of phenolic OH excluding ortho intramolecular Hbond substituents is 1. The Bertz CT molecular complexity index is 1710. The molecule has 1 aliphatic rings. The van der Waals surface area contributed by atoms with E-state index in [9.17, 15) is 23.9 Å². The van der Waals surface area contributed by atoms with Crippen molar-refractivity contribution < 1.29 is 38.2 Å². The van der Waals surface area contributed by atoms with Gasteiger partial charge in [0.05, 0.1) is 12.7 Å². The van der Waals surface area contributed by atoms with Gasteiger partial charge in [-0.2, -0.15) is 0 Å². The zero-order valence-corrected chi connectivity index (χ0v) is 24.8. The summed E-state index contributed by atoms with van der Waals surface area (Å²) in [7, 11) is 1.24. The lowest BCUT2D eigenvalue weighted by atomic mass is 10.0. The number of methoxy groups -OCH3 is 1. The molecule has 1 amide bonds. The molecular formula is C33H33FN4O7. The van der Waals surface area contributed by atoms with Crippen molar-refractivity contribution in [1.82, 2.24) is 15.8 Å². The van der Waals surface area contributed by atoms with Crippen LogP contribution in [0.5, 0.6) is 5.75 Å². The second-order valence-corrected chi connectivity index (χ2v) is 10.9. The summed E-state index contributed by atoms with van der Waals surface area (Å²) >= 11 is 0. The lowest BCUT2D eigenvalue weighted by Crippen LogP contribution is -2.53. The number of phenols is 1. The topological polar surface area (TPSA) is 151 Å². The molecule has 1 aromatic heterocycles. The molecule has 0 spiro atoms. The number of aromatic hydroxyl groups is 1. The van der Waals surface area contributed by atoms with Gasteiger partial charge in [0.2, 0.25) is 11.8 Å². The highest BCUT2D eigenvalue weighted by Gasteiger charge is 2.43. The smallest absolute Gasteiger partial charge is 0.356 e. The lowest BCUT2D eigenvalue weighted by Gasteiger charge is -2.26. The first-order chi connectivity index (χ1) is 21.6. The average Bonchev–Trinajstić information content (AvgIpc) is 3.66. The fourth-order valence-corrected chi connectivity index (χ4v) is 5.04. The molecule has 2 unspecified atom stereocenters. The molecule has 11 nitrogen and oxygen atoms in total. The highest BCUT2D eigenvalue weighted by Crippen LogP contribution is 2.36. The van der Waals surface area contributed by atoms with Crippen LogP contribution in [0.2, 0.25) is 0 Å². The monoisotopic (exact) mass is 616 g/mol. The molecule has 234 valence electrons. The number of aromatic nitrogens is 1. The quantitative estimate of drug-likeness (QED) is 0.145. The minimum absolute atomic E-state index is 0.0622. The fourth-order valence-electron chi connectivity index (χ4n) is 5.04. The first-order valence-electron chi connectivity index (χ1n) is 14.3. The summed E-state index contributed by atoms with van der Waals surface area (Å²) in [5.41, 5.74) is 4.72. The number of nitrogens with zero attached hydrogens (tertiary/aromatic N) is 1. The van der Waals surface area contributed by atoms with E-state index in [0.29, 0.717) is 27.6 Å². The van der Waals surface area contributed by atoms with Crippen molar-refractivity contribution in [3.8, 4) is 5.75 Å². The molecule has 5 rings (SSSR count). The summed E-state index contributed by atoms with van der Waals surface area (Å²) in [4.78, 5) is 52.1. The number of hydrogen-bond donors (Lipinski definition) is 4. The molecule has 1 aliphatic heterocycles. The van der Waals surface area contributed by atoms with E-state index in [1.54, 1.807) is 54.7 Å². The molecule has 0 saturated heterocycles. The first-order valence-corrected chi connectivity index (χ1v) is 14.3. The average molecular weight is 617 g/mol. The van der Waals surface area contributed by atoms with Gasteiger partial charge < -0.3 is 29.7 Å². The Morgan fingerprint density at radius 3 is 2.49 bits per heavy atom. The molecule has 0 bridgehead atoms. The van der Waals surface area contributed by atoms with Gasteiger partial charge in [-0.15, -0.1) is 5.48 Å². The van der Waals surface area contributed by atoms with Crippen LogP contribution in [-0.2, 0) is 30.3 Å². The van der Waals surface area contributed by atoms with Crippen LogP contribution in [0.25, 0.3) is 10.9 Å². The van der Waals surface area contributed by atoms with E-state index >= 15 is 0 Å². The van der Waals surface area contributed by atoms with Crippen molar-refractivity contribution in [2.75, 3.05) is 7.11 Å². The third kappa shape index (κ3) is 7.13. The molecule has 2 heterocycles. The van der Waals surface area contributed by atoms with Crippen molar-refractivity contribution in [3.05, 3.63) is 102 Å². The fraction of sp³-hybridized carbons (Fsp3) is 0.273. The molecule has 0 radical (unpaired) electrons. The van der Waals surface area contributed by atoms with E-state index in [0.717, 1.165) is 0 Å². The number of carbonyl (C=O) groups is 3. The Morgan fingerprint density at radius 1 is 1.07 bits per heavy atom. The lowest BCUT2D eigenvalue weighted by molar-refractivity contribution is -0.143. The maximum atomic E-state index is 14.1. The van der Waals surface area contributed by atoms with Gasteiger partial charge in [0.1, 0.15) is 23.7 Å². The molecule has 3 aromatic carbocycles. The van der Waals surface area contributed by atoms with Gasteiger partial charge in [0.25, 0.3) is 0 Å². The Hall–Kier alpha value is -5.23. The number of H-pyrrole nitrogens is 1. The van der Waals surface area contributed by atoms with Crippen molar-refractivity contribution in [2.24, 2.45) is 10.9 Å². The van der Waals surface area contributed by atoms with Gasteiger partial charge in [0, 0.05) is 22.7 Å². The molecule has 4 atom stereocenters. The maximum absolute atomic E-state index is 14.1. The standard InChI is InChI=1S/C33H33FN4O7/c1-18(2)27(31-37-28(33(42)43-3)29(44-31)24-17-35-25-14-11-21(34)16-23(24)25)36-30(40)26(15-19-9-12-22(39)13-10-19)38-45-32(41)20-7-5-4-6-8-20/h4-14,16-18,26-29,35,38-39H,15H2,1-3H3,(H,36,40)/t26-,27-,28?,29?/m0/s1. The number of aliphatic imine (C=N–C) groups is 1. The number of esters is 1. The van der Waals surface area contributed by atoms with E-state index in [1.807, 2.05) is 13.8 Å². The predicted octanol–water partition coefficient (Wildman–Crippen LogP) is 4.14. The van der Waals surface area contributed by atoms with Crippen LogP contribution >= 0.6 is 0 Å². The normalized spacial score (nSPS) is 17.3. The summed E-state index contributed by atoms with van der Waals surface area (Å²) < 4.78 is 25.4. The SMILES string of the molecule is COC(=O)C1N=C([C@@H](NC(=O)[C@H](Cc2ccc(O)cc2)NOC(=O)c2ccccc2)C(C)C)OC1c1c[nH]c2ccc(F)cc12. The zero-order valence-electron chi connectivity index (χ0n) is 24.8. The molecule has 0 fully saturated rings. The van der Waals surface area contributed by atoms with Crippen LogP contribution in [0.1, 0.15) is 41.4 Å². The second-order valence-electron chi connectivity index (χ2n) is 10.9. The summed E-state index contributed by atoms with van der Waals surface area (Å²) in [5.74, 6) is -2.44. The van der Waals surface area contributed by atoms with E-state index < -0.39 is 47.9 Å². The van der Waals surface area contributed by atoms with Gasteiger partial charge in [-0.1, -0.05) is 44.2 Å². The third-order valence-corrected chi connectivity index (χ3v) is 7.45. The third-order valence-electron chi connectivity index (χ3n) is 7.45. The number of benzene rings is 3. The number of rotatable bonds is 11. The Labute approximate surface area is 258 Å². The molecule has 12 heteroatoms. The van der Waals surface area contributed by atoms with Crippen LogP contribution in [0.15, 0.2) is 84.0 Å². The van der Waals surface area contributed by atoms with Crippen LogP contribution < -0.4 is 10.8 Å². The summed E-state index contributed by atoms with van der Waals surface area (Å²) in [6.07, 6.45) is 0.782. The second kappa shape index (κ2) is 13.6. The van der Waals surface area contributed by atoms with Crippen LogP contribution in [0.3, 0.4) is 0 Å². The van der Waals surface area contributed by atoms with Crippen molar-refractivity contribution in [2.45, 2.75) is 44.5 Å². The van der Waals surface area contributed by atoms with E-state index in [1.165, 1.54) is 31.4 Å². The summed E-state index contributed by atoms with van der Waals surface area (Å²) in [6.45, 7) is 3.69. The zero-order chi connectivity index (χ0) is 32.1. The predicted molar refractivity (Wildman–Crippen MR) is 163 cm³/mol. The number of aromatic amines is 1. The number of amides is 1. The molecule has 45 heavy (non-hydrogen) atoms. The minimum Gasteiger partial charge on any atom is -0.508 e. The van der Waals surface area contributed by atoms with Crippen LogP contribution in [0.4, 0.5) is 4.39 Å². The van der Waals surface area contributed by atoms with Gasteiger partial charge in [-0.25, -0.2) is 19.0 Å². The van der Waals surface area contributed by atoms with Crippen LogP contribution in [-0.4, -0.2) is 59.1 Å². The van der Waals surface area contributed by atoms with Crippen molar-refractivity contribution >= 4 is 34.6 Å². The number of carbonyl (C=O) groups excluding carboxylic acids is 3. The van der Waals surface area contributed by atoms with Gasteiger partial charge >= 0.3 is 11.9 Å². The van der Waals surface area contributed by atoms with Crippen LogP contribution in [0, 0.1) is 11.7 Å². The summed E-state index contributed by atoms with van der Waals surface area (Å²) in [6, 6.07) is 15.9. The highest BCUT2D eigenvalue weighted by molar-refractivity contribution is 5.95. The maximum Gasteiger partial charge on any atom is 0.356 e. The molecule has 4 N–H and O–H groups in total. The number of nitrogens with one attached hydrogen (secondary N) is 3. The molecule has 4 aromatic rings. The van der Waals surface area contributed by atoms with Gasteiger partial charge in [-0.05, 0) is 60.4 Å². The van der Waals surface area contributed by atoms with E-state index in [-0.39, 0.29) is 24.0 Å². The largest absolute Gasteiger partial charge is 0.508 e. The van der Waals surface area contributed by atoms with E-state index in [2.05, 4.69) is 20.8 Å². The Kier molecular flexibility index (Phi) is 9.43. The number of hydroxylamine groups is 1. The molecule has 0 saturated carbocycles. The Morgan fingerprint density at radius 2 is 1.80 bits per heavy atom. The first kappa shape index (κ1) is 31.2. The summed E-state index contributed by atoms with van der Waals surface area (Å²) in [5, 5.41) is 13.1. The number of ether oxygens (including phenoxy) is 2. The molecule has 0 aliphatic carbocycles. The van der Waals surface area contributed by atoms with Gasteiger partial charge in [-0.3, -0.25) is 4.79 Å². The number of halogens is 1. The van der Waals surface area contributed by atoms with Crippen molar-refractivity contribution in [1.29, 1.82) is 0 Å². The van der Waals surface area contributed by atoms with E-state index in [4.69, 9.17) is 14.3 Å². The Balaban J connectivity index is 1.39. The highest BCUT2D eigenvalue weighted by atomic mass is 19.1. The van der Waals surface area contributed by atoms with Crippen molar-refractivity contribution in [3.63, 3.8) is 0 Å². The van der Waals surface area contributed by atoms with Gasteiger partial charge in [0.15, 0.2) is 12.1 Å². The minimum atomic E-state index is -1.11. The number of fused-ring (bicyclic) bond motifs is 1. The molecular weight excluding hydrogens is 583 g/mol. The number of hydrogen-bond acceptors (Lipinski definition) is 9.